The zero-order valence-corrected chi connectivity index (χ0v) is 13.8. The van der Waals surface area contributed by atoms with Crippen LogP contribution in [0, 0.1) is 11.2 Å². The number of carbonyl (C=O) groups excluding carboxylic acids is 1. The number of fused-ring (bicyclic) bond motifs is 2. The maximum atomic E-state index is 14.6. The van der Waals surface area contributed by atoms with Gasteiger partial charge in [0.2, 0.25) is 5.91 Å². The molecule has 1 aromatic carbocycles. The van der Waals surface area contributed by atoms with E-state index in [0.29, 0.717) is 5.56 Å². The molecule has 2 atom stereocenters. The minimum atomic E-state index is -1.23. The molecule has 4 nitrogen and oxygen atoms in total. The molecular weight excluding hydrogens is 309 g/mol. The van der Waals surface area contributed by atoms with Crippen molar-refractivity contribution in [3.8, 4) is 0 Å². The predicted octanol–water partition coefficient (Wildman–Crippen LogP) is 3.56. The average molecular weight is 331 g/mol. The molecule has 1 aliphatic carbocycles. The Hall–Kier alpha value is -1.91. The highest BCUT2D eigenvalue weighted by Crippen LogP contribution is 2.51. The SMILES string of the molecule is CC1(C(=O)N2C3CCC2CC(c2cccc(C(=O)O)c2F)C3)CC1. The zero-order valence-electron chi connectivity index (χ0n) is 13.8. The molecular formula is C19H22FNO3. The zero-order chi connectivity index (χ0) is 17.1. The van der Waals surface area contributed by atoms with Crippen LogP contribution in [0.5, 0.6) is 0 Å². The Morgan fingerprint density at radius 3 is 2.38 bits per heavy atom. The number of carboxylic acid groups (broad SMARTS) is 1. The van der Waals surface area contributed by atoms with E-state index in [1.807, 2.05) is 6.92 Å². The molecule has 1 amide bonds. The number of rotatable bonds is 3. The molecule has 2 bridgehead atoms. The Labute approximate surface area is 140 Å². The molecule has 1 aromatic rings. The molecule has 1 N–H and O–H groups in total. The van der Waals surface area contributed by atoms with Crippen LogP contribution in [0.15, 0.2) is 18.2 Å². The average Bonchev–Trinajstić information content (AvgIpc) is 3.24. The number of piperidine rings is 1. The van der Waals surface area contributed by atoms with Crippen molar-refractivity contribution in [2.75, 3.05) is 0 Å². The summed E-state index contributed by atoms with van der Waals surface area (Å²) in [4.78, 5) is 26.0. The van der Waals surface area contributed by atoms with Gasteiger partial charge in [0, 0.05) is 17.5 Å². The maximum Gasteiger partial charge on any atom is 0.338 e. The Morgan fingerprint density at radius 2 is 1.83 bits per heavy atom. The van der Waals surface area contributed by atoms with Crippen molar-refractivity contribution in [1.82, 2.24) is 4.90 Å². The summed E-state index contributed by atoms with van der Waals surface area (Å²) in [6, 6.07) is 4.97. The number of carboxylic acids is 1. The van der Waals surface area contributed by atoms with E-state index in [1.54, 1.807) is 12.1 Å². The van der Waals surface area contributed by atoms with Gasteiger partial charge in [-0.15, -0.1) is 0 Å². The molecule has 2 heterocycles. The molecule has 3 fully saturated rings. The van der Waals surface area contributed by atoms with E-state index in [-0.39, 0.29) is 34.9 Å². The Morgan fingerprint density at radius 1 is 1.21 bits per heavy atom. The van der Waals surface area contributed by atoms with E-state index in [0.717, 1.165) is 38.5 Å². The monoisotopic (exact) mass is 331 g/mol. The lowest BCUT2D eigenvalue weighted by Gasteiger charge is -2.40. The van der Waals surface area contributed by atoms with Crippen LogP contribution in [0.25, 0.3) is 0 Å². The van der Waals surface area contributed by atoms with Crippen molar-refractivity contribution >= 4 is 11.9 Å². The van der Waals surface area contributed by atoms with Crippen molar-refractivity contribution in [2.24, 2.45) is 5.41 Å². The van der Waals surface area contributed by atoms with Crippen LogP contribution in [0.1, 0.15) is 67.3 Å². The molecule has 24 heavy (non-hydrogen) atoms. The number of aromatic carboxylic acids is 1. The van der Waals surface area contributed by atoms with Crippen molar-refractivity contribution in [2.45, 2.75) is 63.5 Å². The second kappa shape index (κ2) is 5.30. The smallest absolute Gasteiger partial charge is 0.338 e. The van der Waals surface area contributed by atoms with Gasteiger partial charge in [-0.05, 0) is 56.1 Å². The normalized spacial score (nSPS) is 30.2. The molecule has 4 rings (SSSR count). The number of hydrogen-bond donors (Lipinski definition) is 1. The maximum absolute atomic E-state index is 14.6. The third-order valence-electron chi connectivity index (χ3n) is 6.18. The standard InChI is InChI=1S/C19H22FNO3/c1-19(7-8-19)18(24)21-12-5-6-13(21)10-11(9-12)14-3-2-4-15(16(14)20)17(22)23/h2-4,11-13H,5-10H2,1H3,(H,22,23). The van der Waals surface area contributed by atoms with Gasteiger partial charge in [0.05, 0.1) is 5.56 Å². The lowest BCUT2D eigenvalue weighted by atomic mass is 9.83. The summed E-state index contributed by atoms with van der Waals surface area (Å²) in [7, 11) is 0. The van der Waals surface area contributed by atoms with Crippen LogP contribution in [0.2, 0.25) is 0 Å². The summed E-state index contributed by atoms with van der Waals surface area (Å²) in [6.07, 6.45) is 5.37. The molecule has 3 aliphatic rings. The summed E-state index contributed by atoms with van der Waals surface area (Å²) in [6.45, 7) is 2.04. The van der Waals surface area contributed by atoms with Gasteiger partial charge in [0.25, 0.3) is 0 Å². The van der Waals surface area contributed by atoms with Crippen LogP contribution in [0.4, 0.5) is 4.39 Å². The van der Waals surface area contributed by atoms with Crippen molar-refractivity contribution in [3.05, 3.63) is 35.1 Å². The van der Waals surface area contributed by atoms with E-state index in [9.17, 15) is 14.0 Å². The third kappa shape index (κ3) is 2.33. The first-order valence-electron chi connectivity index (χ1n) is 8.75. The van der Waals surface area contributed by atoms with Crippen molar-refractivity contribution in [3.63, 3.8) is 0 Å². The lowest BCUT2D eigenvalue weighted by Crippen LogP contribution is -2.48. The summed E-state index contributed by atoms with van der Waals surface area (Å²) < 4.78 is 14.6. The molecule has 0 radical (unpaired) electrons. The lowest BCUT2D eigenvalue weighted by molar-refractivity contribution is -0.141. The van der Waals surface area contributed by atoms with E-state index in [4.69, 9.17) is 5.11 Å². The fourth-order valence-corrected chi connectivity index (χ4v) is 4.51. The summed E-state index contributed by atoms with van der Waals surface area (Å²) in [5.41, 5.74) is 0.0719. The summed E-state index contributed by atoms with van der Waals surface area (Å²) in [5, 5.41) is 9.12. The fraction of sp³-hybridized carbons (Fsp3) is 0.579. The number of amides is 1. The molecule has 2 aliphatic heterocycles. The van der Waals surface area contributed by atoms with Gasteiger partial charge in [-0.1, -0.05) is 19.1 Å². The van der Waals surface area contributed by atoms with Gasteiger partial charge in [0.15, 0.2) is 0 Å². The van der Waals surface area contributed by atoms with E-state index < -0.39 is 11.8 Å². The molecule has 1 saturated carbocycles. The quantitative estimate of drug-likeness (QED) is 0.921. The van der Waals surface area contributed by atoms with E-state index >= 15 is 0 Å². The first kappa shape index (κ1) is 15.6. The highest BCUT2D eigenvalue weighted by Gasteiger charge is 2.53. The van der Waals surface area contributed by atoms with Crippen LogP contribution in [-0.2, 0) is 4.79 Å². The number of carbonyl (C=O) groups is 2. The minimum Gasteiger partial charge on any atom is -0.478 e. The van der Waals surface area contributed by atoms with Gasteiger partial charge in [0.1, 0.15) is 5.82 Å². The van der Waals surface area contributed by atoms with Gasteiger partial charge < -0.3 is 10.0 Å². The van der Waals surface area contributed by atoms with Gasteiger partial charge in [-0.2, -0.15) is 0 Å². The first-order chi connectivity index (χ1) is 11.4. The van der Waals surface area contributed by atoms with E-state index in [1.165, 1.54) is 6.07 Å². The number of benzene rings is 1. The Kier molecular flexibility index (Phi) is 3.44. The molecule has 2 unspecified atom stereocenters. The molecule has 5 heteroatoms. The van der Waals surface area contributed by atoms with Gasteiger partial charge in [-0.25, -0.2) is 9.18 Å². The van der Waals surface area contributed by atoms with E-state index in [2.05, 4.69) is 4.90 Å². The fourth-order valence-electron chi connectivity index (χ4n) is 4.51. The molecule has 2 saturated heterocycles. The predicted molar refractivity (Wildman–Crippen MR) is 86.3 cm³/mol. The number of hydrogen-bond acceptors (Lipinski definition) is 2. The van der Waals surface area contributed by atoms with Gasteiger partial charge >= 0.3 is 5.97 Å². The molecule has 128 valence electrons. The largest absolute Gasteiger partial charge is 0.478 e. The highest BCUT2D eigenvalue weighted by molar-refractivity contribution is 5.88. The Bertz CT molecular complexity index is 699. The van der Waals surface area contributed by atoms with Crippen LogP contribution >= 0.6 is 0 Å². The van der Waals surface area contributed by atoms with Crippen LogP contribution < -0.4 is 0 Å². The van der Waals surface area contributed by atoms with Gasteiger partial charge in [-0.3, -0.25) is 4.79 Å². The molecule has 0 aromatic heterocycles. The first-order valence-corrected chi connectivity index (χ1v) is 8.75. The van der Waals surface area contributed by atoms with Crippen molar-refractivity contribution in [1.29, 1.82) is 0 Å². The van der Waals surface area contributed by atoms with Crippen LogP contribution in [-0.4, -0.2) is 34.0 Å². The topological polar surface area (TPSA) is 57.6 Å². The number of halogens is 1. The molecule has 0 spiro atoms. The van der Waals surface area contributed by atoms with Crippen molar-refractivity contribution < 1.29 is 19.1 Å². The summed E-state index contributed by atoms with van der Waals surface area (Å²) in [5.74, 6) is -1.57. The Balaban J connectivity index is 1.58. The third-order valence-corrected chi connectivity index (χ3v) is 6.18. The minimum absolute atomic E-state index is 0.00198. The summed E-state index contributed by atoms with van der Waals surface area (Å²) >= 11 is 0. The highest BCUT2D eigenvalue weighted by atomic mass is 19.1. The van der Waals surface area contributed by atoms with Crippen LogP contribution in [0.3, 0.4) is 0 Å². The second-order valence-electron chi connectivity index (χ2n) is 7.84. The number of nitrogens with zero attached hydrogens (tertiary/aromatic N) is 1. The second-order valence-corrected chi connectivity index (χ2v) is 7.84.